The van der Waals surface area contributed by atoms with E-state index in [-0.39, 0.29) is 6.04 Å². The number of nitrogens with zero attached hydrogens (tertiary/aromatic N) is 1. The molecule has 0 saturated carbocycles. The number of hydroxylamine groups is 1. The number of aromatic nitrogens is 1. The summed E-state index contributed by atoms with van der Waals surface area (Å²) in [4.78, 5) is 15.6. The van der Waals surface area contributed by atoms with Crippen molar-refractivity contribution in [3.05, 3.63) is 77.6 Å². The maximum absolute atomic E-state index is 11.4. The molecule has 30 heavy (non-hydrogen) atoms. The first-order valence-corrected chi connectivity index (χ1v) is 9.70. The molecule has 0 spiro atoms. The minimum absolute atomic E-state index is 0.0192. The average molecular weight is 400 g/mol. The summed E-state index contributed by atoms with van der Waals surface area (Å²) in [5.41, 5.74) is 13.7. The number of amides is 1. The Morgan fingerprint density at radius 1 is 1.17 bits per heavy atom. The van der Waals surface area contributed by atoms with E-state index in [9.17, 15) is 10.0 Å². The molecule has 4 aromatic rings. The predicted octanol–water partition coefficient (Wildman–Crippen LogP) is 4.30. The molecule has 1 amide bonds. The standard InChI is InChI=1S/C23H20N4O3/c24-23(28)14-3-1-13(2-4-14)22-21(18-9-10-25-12-20(18)30-22)26-16-6-7-17-15(11-16)5-8-19(17)27-29/h1-4,6-7,9-12,19,26-27,29H,5,8H2,(H2,24,28). The molecule has 1 unspecified atom stereocenters. The van der Waals surface area contributed by atoms with Crippen LogP contribution < -0.4 is 16.5 Å². The van der Waals surface area contributed by atoms with E-state index in [1.807, 2.05) is 30.3 Å². The molecule has 0 saturated heterocycles. The number of furan rings is 1. The van der Waals surface area contributed by atoms with Crippen LogP contribution in [0.5, 0.6) is 0 Å². The monoisotopic (exact) mass is 400 g/mol. The van der Waals surface area contributed by atoms with Crippen LogP contribution >= 0.6 is 0 Å². The van der Waals surface area contributed by atoms with Crippen molar-refractivity contribution in [2.24, 2.45) is 5.73 Å². The van der Waals surface area contributed by atoms with Crippen molar-refractivity contribution in [3.63, 3.8) is 0 Å². The van der Waals surface area contributed by atoms with E-state index in [1.165, 1.54) is 5.56 Å². The summed E-state index contributed by atoms with van der Waals surface area (Å²) >= 11 is 0. The summed E-state index contributed by atoms with van der Waals surface area (Å²) in [5, 5.41) is 13.7. The van der Waals surface area contributed by atoms with Crippen LogP contribution in [0, 0.1) is 0 Å². The number of benzene rings is 2. The molecule has 7 nitrogen and oxygen atoms in total. The fourth-order valence-electron chi connectivity index (χ4n) is 4.04. The van der Waals surface area contributed by atoms with E-state index in [2.05, 4.69) is 21.8 Å². The zero-order chi connectivity index (χ0) is 20.7. The second-order valence-corrected chi connectivity index (χ2v) is 7.38. The molecule has 7 heteroatoms. The number of aryl methyl sites for hydroxylation is 1. The number of pyridine rings is 1. The van der Waals surface area contributed by atoms with Crippen LogP contribution in [0.2, 0.25) is 0 Å². The normalized spacial score (nSPS) is 15.3. The Hall–Kier alpha value is -3.68. The van der Waals surface area contributed by atoms with Crippen molar-refractivity contribution in [1.29, 1.82) is 0 Å². The Balaban J connectivity index is 1.57. The van der Waals surface area contributed by atoms with Gasteiger partial charge in [-0.15, -0.1) is 0 Å². The number of hydrogen-bond donors (Lipinski definition) is 4. The van der Waals surface area contributed by atoms with Crippen molar-refractivity contribution in [1.82, 2.24) is 10.5 Å². The largest absolute Gasteiger partial charge is 0.452 e. The Morgan fingerprint density at radius 3 is 2.77 bits per heavy atom. The number of fused-ring (bicyclic) bond motifs is 2. The van der Waals surface area contributed by atoms with Crippen molar-refractivity contribution >= 4 is 28.3 Å². The third-order valence-corrected chi connectivity index (χ3v) is 5.57. The van der Waals surface area contributed by atoms with E-state index >= 15 is 0 Å². The highest BCUT2D eigenvalue weighted by Gasteiger charge is 2.23. The van der Waals surface area contributed by atoms with Crippen LogP contribution in [0.15, 0.2) is 65.3 Å². The van der Waals surface area contributed by atoms with Gasteiger partial charge in [0.1, 0.15) is 0 Å². The third kappa shape index (κ3) is 3.10. The molecule has 2 aromatic carbocycles. The molecule has 0 aliphatic heterocycles. The van der Waals surface area contributed by atoms with Crippen molar-refractivity contribution in [3.8, 4) is 11.3 Å². The molecule has 150 valence electrons. The summed E-state index contributed by atoms with van der Waals surface area (Å²) < 4.78 is 6.10. The molecule has 1 aliphatic carbocycles. The Kier molecular flexibility index (Phi) is 4.46. The highest BCUT2D eigenvalue weighted by molar-refractivity contribution is 6.00. The van der Waals surface area contributed by atoms with E-state index < -0.39 is 5.91 Å². The van der Waals surface area contributed by atoms with Gasteiger partial charge in [0.15, 0.2) is 11.3 Å². The number of nitrogens with two attached hydrogens (primary N) is 1. The molecule has 2 aromatic heterocycles. The highest BCUT2D eigenvalue weighted by atomic mass is 16.5. The lowest BCUT2D eigenvalue weighted by molar-refractivity contribution is 0.1000. The lowest BCUT2D eigenvalue weighted by Gasteiger charge is -2.12. The van der Waals surface area contributed by atoms with Gasteiger partial charge in [-0.1, -0.05) is 18.2 Å². The molecule has 1 aliphatic rings. The van der Waals surface area contributed by atoms with Gasteiger partial charge in [0.2, 0.25) is 5.91 Å². The van der Waals surface area contributed by atoms with E-state index in [1.54, 1.807) is 24.5 Å². The van der Waals surface area contributed by atoms with Gasteiger partial charge in [0, 0.05) is 28.4 Å². The number of carbonyl (C=O) groups excluding carboxylic acids is 1. The van der Waals surface area contributed by atoms with Gasteiger partial charge in [0.25, 0.3) is 0 Å². The third-order valence-electron chi connectivity index (χ3n) is 5.57. The summed E-state index contributed by atoms with van der Waals surface area (Å²) in [6, 6.07) is 15.0. The van der Waals surface area contributed by atoms with Gasteiger partial charge in [-0.2, -0.15) is 5.48 Å². The van der Waals surface area contributed by atoms with Crippen molar-refractivity contribution in [2.45, 2.75) is 18.9 Å². The van der Waals surface area contributed by atoms with E-state index in [0.717, 1.165) is 40.7 Å². The minimum Gasteiger partial charge on any atom is -0.452 e. The maximum atomic E-state index is 11.4. The van der Waals surface area contributed by atoms with Crippen LogP contribution in [-0.4, -0.2) is 16.1 Å². The predicted molar refractivity (Wildman–Crippen MR) is 114 cm³/mol. The number of anilines is 2. The molecule has 1 atom stereocenters. The van der Waals surface area contributed by atoms with Crippen LogP contribution in [0.3, 0.4) is 0 Å². The first-order chi connectivity index (χ1) is 14.6. The molecule has 2 heterocycles. The number of carbonyl (C=O) groups is 1. The average Bonchev–Trinajstić information content (AvgIpc) is 3.35. The second kappa shape index (κ2) is 7.29. The quantitative estimate of drug-likeness (QED) is 0.371. The minimum atomic E-state index is -0.470. The van der Waals surface area contributed by atoms with Crippen molar-refractivity contribution in [2.75, 3.05) is 5.32 Å². The SMILES string of the molecule is NC(=O)c1ccc(-c2oc3cnccc3c2Nc2ccc3c(c2)CCC3NO)cc1. The molecular formula is C23H20N4O3. The summed E-state index contributed by atoms with van der Waals surface area (Å²) in [6.07, 6.45) is 5.18. The molecule has 0 radical (unpaired) electrons. The number of nitrogens with one attached hydrogen (secondary N) is 2. The summed E-state index contributed by atoms with van der Waals surface area (Å²) in [7, 11) is 0. The fraction of sp³-hybridized carbons (Fsp3) is 0.130. The van der Waals surface area contributed by atoms with E-state index in [4.69, 9.17) is 10.2 Å². The maximum Gasteiger partial charge on any atom is 0.248 e. The van der Waals surface area contributed by atoms with Gasteiger partial charge >= 0.3 is 0 Å². The first-order valence-electron chi connectivity index (χ1n) is 9.70. The van der Waals surface area contributed by atoms with Crippen LogP contribution in [-0.2, 0) is 6.42 Å². The first kappa shape index (κ1) is 18.4. The number of hydrogen-bond acceptors (Lipinski definition) is 6. The van der Waals surface area contributed by atoms with Gasteiger partial charge in [-0.05, 0) is 54.3 Å². The zero-order valence-corrected chi connectivity index (χ0v) is 16.1. The fourth-order valence-corrected chi connectivity index (χ4v) is 4.04. The lowest BCUT2D eigenvalue weighted by Crippen LogP contribution is -2.13. The van der Waals surface area contributed by atoms with Crippen LogP contribution in [0.1, 0.15) is 33.9 Å². The topological polar surface area (TPSA) is 113 Å². The summed E-state index contributed by atoms with van der Waals surface area (Å²) in [5.74, 6) is 0.187. The molecule has 5 N–H and O–H groups in total. The van der Waals surface area contributed by atoms with Crippen LogP contribution in [0.25, 0.3) is 22.3 Å². The Bertz CT molecular complexity index is 1250. The van der Waals surface area contributed by atoms with Crippen molar-refractivity contribution < 1.29 is 14.4 Å². The smallest absolute Gasteiger partial charge is 0.248 e. The Labute approximate surface area is 172 Å². The number of rotatable bonds is 5. The van der Waals surface area contributed by atoms with E-state index in [0.29, 0.717) is 16.9 Å². The summed E-state index contributed by atoms with van der Waals surface area (Å²) in [6.45, 7) is 0. The van der Waals surface area contributed by atoms with Gasteiger partial charge in [-0.3, -0.25) is 9.78 Å². The highest BCUT2D eigenvalue weighted by Crippen LogP contribution is 2.40. The lowest BCUT2D eigenvalue weighted by atomic mass is 10.1. The molecule has 5 rings (SSSR count). The second-order valence-electron chi connectivity index (χ2n) is 7.38. The number of primary amides is 1. The Morgan fingerprint density at radius 2 is 2.00 bits per heavy atom. The molecule has 0 fully saturated rings. The molecular weight excluding hydrogens is 380 g/mol. The van der Waals surface area contributed by atoms with Crippen LogP contribution in [0.4, 0.5) is 11.4 Å². The zero-order valence-electron chi connectivity index (χ0n) is 16.1. The van der Waals surface area contributed by atoms with Gasteiger partial charge < -0.3 is 20.7 Å². The van der Waals surface area contributed by atoms with Gasteiger partial charge in [-0.25, -0.2) is 0 Å². The van der Waals surface area contributed by atoms with Gasteiger partial charge in [0.05, 0.1) is 17.9 Å². The molecule has 0 bridgehead atoms.